The summed E-state index contributed by atoms with van der Waals surface area (Å²) in [4.78, 5) is 1.22. The first-order chi connectivity index (χ1) is 9.24. The van der Waals surface area contributed by atoms with Crippen LogP contribution >= 0.6 is 27.7 Å². The molecule has 100 valence electrons. The number of benzene rings is 2. The molecule has 0 radical (unpaired) electrons. The van der Waals surface area contributed by atoms with Crippen LogP contribution in [0.4, 0.5) is 0 Å². The first kappa shape index (κ1) is 14.4. The molecule has 2 rings (SSSR count). The smallest absolute Gasteiger partial charge is 0.137 e. The van der Waals surface area contributed by atoms with E-state index in [-0.39, 0.29) is 6.10 Å². The van der Waals surface area contributed by atoms with E-state index in [9.17, 15) is 0 Å². The Morgan fingerprint density at radius 3 is 2.42 bits per heavy atom. The summed E-state index contributed by atoms with van der Waals surface area (Å²) in [7, 11) is 0. The zero-order valence-corrected chi connectivity index (χ0v) is 13.1. The van der Waals surface area contributed by atoms with E-state index in [1.54, 1.807) is 11.8 Å². The van der Waals surface area contributed by atoms with Crippen LogP contribution in [0.1, 0.15) is 11.7 Å². The van der Waals surface area contributed by atoms with Crippen LogP contribution in [-0.2, 0) is 0 Å². The minimum atomic E-state index is -0.143. The molecule has 1 atom stereocenters. The molecule has 19 heavy (non-hydrogen) atoms. The molecule has 0 aliphatic carbocycles. The third-order valence-electron chi connectivity index (χ3n) is 2.80. The van der Waals surface area contributed by atoms with Gasteiger partial charge in [0, 0.05) is 21.5 Å². The highest BCUT2D eigenvalue weighted by Gasteiger charge is 2.14. The molecule has 0 aliphatic heterocycles. The van der Waals surface area contributed by atoms with E-state index in [2.05, 4.69) is 22.2 Å². The third-order valence-corrected chi connectivity index (χ3v) is 4.27. The zero-order chi connectivity index (χ0) is 13.7. The summed E-state index contributed by atoms with van der Waals surface area (Å²) in [6.07, 6.45) is 1.91. The fraction of sp³-hybridized carbons (Fsp3) is 0.200. The van der Waals surface area contributed by atoms with Gasteiger partial charge in [-0.25, -0.2) is 0 Å². The van der Waals surface area contributed by atoms with Crippen LogP contribution in [0.25, 0.3) is 0 Å². The summed E-state index contributed by atoms with van der Waals surface area (Å²) in [6.45, 7) is 0.437. The molecule has 0 fully saturated rings. The van der Waals surface area contributed by atoms with Gasteiger partial charge < -0.3 is 10.5 Å². The van der Waals surface area contributed by atoms with E-state index in [0.29, 0.717) is 6.54 Å². The Balaban J connectivity index is 2.17. The van der Waals surface area contributed by atoms with Gasteiger partial charge >= 0.3 is 0 Å². The quantitative estimate of drug-likeness (QED) is 0.828. The lowest BCUT2D eigenvalue weighted by molar-refractivity contribution is 0.213. The highest BCUT2D eigenvalue weighted by Crippen LogP contribution is 2.28. The molecular weight excluding hydrogens is 322 g/mol. The van der Waals surface area contributed by atoms with Crippen molar-refractivity contribution < 1.29 is 4.74 Å². The van der Waals surface area contributed by atoms with Crippen molar-refractivity contribution in [3.8, 4) is 5.75 Å². The first-order valence-corrected chi connectivity index (χ1v) is 8.01. The summed E-state index contributed by atoms with van der Waals surface area (Å²) in [5.41, 5.74) is 6.90. The average Bonchev–Trinajstić information content (AvgIpc) is 2.46. The Hall–Kier alpha value is -0.970. The highest BCUT2D eigenvalue weighted by molar-refractivity contribution is 9.10. The molecule has 0 aliphatic rings. The second-order valence-electron chi connectivity index (χ2n) is 4.04. The van der Waals surface area contributed by atoms with Gasteiger partial charge in [-0.1, -0.05) is 34.1 Å². The number of rotatable bonds is 5. The van der Waals surface area contributed by atoms with Crippen molar-refractivity contribution in [2.45, 2.75) is 11.0 Å². The predicted molar refractivity (Wildman–Crippen MR) is 84.8 cm³/mol. The van der Waals surface area contributed by atoms with Gasteiger partial charge in [0.15, 0.2) is 0 Å². The lowest BCUT2D eigenvalue weighted by atomic mass is 10.1. The maximum absolute atomic E-state index is 5.97. The molecule has 0 spiro atoms. The van der Waals surface area contributed by atoms with Gasteiger partial charge in [-0.3, -0.25) is 0 Å². The van der Waals surface area contributed by atoms with Crippen molar-refractivity contribution in [1.29, 1.82) is 0 Å². The summed E-state index contributed by atoms with van der Waals surface area (Å²) < 4.78 is 6.99. The van der Waals surface area contributed by atoms with Crippen LogP contribution in [0.15, 0.2) is 57.9 Å². The van der Waals surface area contributed by atoms with Gasteiger partial charge in [-0.05, 0) is 36.6 Å². The fourth-order valence-corrected chi connectivity index (χ4v) is 2.74. The molecule has 0 saturated carbocycles. The molecule has 0 saturated heterocycles. The monoisotopic (exact) mass is 337 g/mol. The number of nitrogens with two attached hydrogens (primary N) is 1. The molecule has 2 N–H and O–H groups in total. The van der Waals surface area contributed by atoms with E-state index < -0.39 is 0 Å². The van der Waals surface area contributed by atoms with Crippen molar-refractivity contribution in [2.24, 2.45) is 5.73 Å². The summed E-state index contributed by atoms with van der Waals surface area (Å²) in [5, 5.41) is 0. The maximum Gasteiger partial charge on any atom is 0.137 e. The predicted octanol–water partition coefficient (Wildman–Crippen LogP) is 4.25. The van der Waals surface area contributed by atoms with E-state index in [1.807, 2.05) is 48.5 Å². The van der Waals surface area contributed by atoms with Crippen molar-refractivity contribution in [1.82, 2.24) is 0 Å². The minimum absolute atomic E-state index is 0.143. The molecule has 0 heterocycles. The third kappa shape index (κ3) is 3.75. The number of thioether (sulfide) groups is 1. The lowest BCUT2D eigenvalue weighted by Crippen LogP contribution is -2.18. The highest BCUT2D eigenvalue weighted by atomic mass is 79.9. The minimum Gasteiger partial charge on any atom is -0.484 e. The Morgan fingerprint density at radius 2 is 1.84 bits per heavy atom. The summed E-state index contributed by atoms with van der Waals surface area (Å²) >= 11 is 5.25. The largest absolute Gasteiger partial charge is 0.484 e. The number of ether oxygens (including phenoxy) is 1. The normalized spacial score (nSPS) is 12.2. The van der Waals surface area contributed by atoms with Gasteiger partial charge in [-0.15, -0.1) is 11.8 Å². The number of hydrogen-bond donors (Lipinski definition) is 1. The van der Waals surface area contributed by atoms with Crippen LogP contribution in [0, 0.1) is 0 Å². The van der Waals surface area contributed by atoms with E-state index in [0.717, 1.165) is 15.8 Å². The summed E-state index contributed by atoms with van der Waals surface area (Å²) in [6, 6.07) is 16.0. The molecule has 2 aromatic rings. The van der Waals surface area contributed by atoms with Gasteiger partial charge in [0.2, 0.25) is 0 Å². The van der Waals surface area contributed by atoms with Gasteiger partial charge in [0.1, 0.15) is 11.9 Å². The van der Waals surface area contributed by atoms with Gasteiger partial charge in [-0.2, -0.15) is 0 Å². The van der Waals surface area contributed by atoms with Crippen molar-refractivity contribution in [3.05, 3.63) is 58.6 Å². The molecule has 1 unspecified atom stereocenters. The average molecular weight is 338 g/mol. The fourth-order valence-electron chi connectivity index (χ4n) is 1.79. The Bertz CT molecular complexity index is 530. The van der Waals surface area contributed by atoms with Crippen molar-refractivity contribution >= 4 is 27.7 Å². The van der Waals surface area contributed by atoms with Crippen LogP contribution in [0.5, 0.6) is 5.75 Å². The molecule has 0 aromatic heterocycles. The molecular formula is C15H16BrNOS. The van der Waals surface area contributed by atoms with Crippen LogP contribution < -0.4 is 10.5 Å². The van der Waals surface area contributed by atoms with Crippen LogP contribution in [-0.4, -0.2) is 12.8 Å². The standard InChI is InChI=1S/C15H16BrNOS/c1-19-12-8-6-11(7-9-12)18-15(10-17)13-4-2-3-5-14(13)16/h2-9,15H,10,17H2,1H3. The second kappa shape index (κ2) is 6.98. The molecule has 0 bridgehead atoms. The van der Waals surface area contributed by atoms with E-state index in [1.165, 1.54) is 4.90 Å². The molecule has 2 nitrogen and oxygen atoms in total. The Morgan fingerprint density at radius 1 is 1.16 bits per heavy atom. The molecule has 2 aromatic carbocycles. The number of hydrogen-bond acceptors (Lipinski definition) is 3. The van der Waals surface area contributed by atoms with Gasteiger partial charge in [0.05, 0.1) is 0 Å². The molecule has 4 heteroatoms. The SMILES string of the molecule is CSc1ccc(OC(CN)c2ccccc2Br)cc1. The summed E-state index contributed by atoms with van der Waals surface area (Å²) in [5.74, 6) is 0.837. The van der Waals surface area contributed by atoms with Crippen molar-refractivity contribution in [2.75, 3.05) is 12.8 Å². The maximum atomic E-state index is 5.97. The van der Waals surface area contributed by atoms with Crippen LogP contribution in [0.2, 0.25) is 0 Å². The zero-order valence-electron chi connectivity index (χ0n) is 10.7. The first-order valence-electron chi connectivity index (χ1n) is 6.00. The second-order valence-corrected chi connectivity index (χ2v) is 5.77. The van der Waals surface area contributed by atoms with E-state index in [4.69, 9.17) is 10.5 Å². The lowest BCUT2D eigenvalue weighted by Gasteiger charge is -2.19. The number of halogens is 1. The topological polar surface area (TPSA) is 35.2 Å². The van der Waals surface area contributed by atoms with E-state index >= 15 is 0 Å². The Kier molecular flexibility index (Phi) is 5.31. The molecule has 0 amide bonds. The van der Waals surface area contributed by atoms with Gasteiger partial charge in [0.25, 0.3) is 0 Å². The van der Waals surface area contributed by atoms with Crippen LogP contribution in [0.3, 0.4) is 0 Å². The van der Waals surface area contributed by atoms with Crippen molar-refractivity contribution in [3.63, 3.8) is 0 Å². The Labute approximate surface area is 126 Å².